The number of benzene rings is 2. The van der Waals surface area contributed by atoms with Crippen LogP contribution in [0.1, 0.15) is 16.9 Å². The molecule has 0 aliphatic rings. The number of guanidine groups is 1. The molecule has 0 fully saturated rings. The number of nitrogens with one attached hydrogen (secondary N) is 1. The maximum atomic E-state index is 8.99. The van der Waals surface area contributed by atoms with E-state index in [2.05, 4.69) is 22.4 Å². The van der Waals surface area contributed by atoms with Gasteiger partial charge in [-0.3, -0.25) is 4.99 Å². The van der Waals surface area contributed by atoms with E-state index >= 15 is 0 Å². The Morgan fingerprint density at radius 3 is 2.73 bits per heavy atom. The van der Waals surface area contributed by atoms with Crippen molar-refractivity contribution in [3.05, 3.63) is 71.5 Å². The molecule has 0 aliphatic heterocycles. The second-order valence-electron chi connectivity index (χ2n) is 5.82. The summed E-state index contributed by atoms with van der Waals surface area (Å²) in [5.41, 5.74) is 2.59. The molecule has 0 bridgehead atoms. The highest BCUT2D eigenvalue weighted by Crippen LogP contribution is 2.19. The number of para-hydroxylation sites is 1. The number of rotatable bonds is 4. The molecule has 0 spiro atoms. The molecule has 0 saturated carbocycles. The molecule has 0 saturated heterocycles. The summed E-state index contributed by atoms with van der Waals surface area (Å²) in [5.74, 6) is 1.65. The Balaban J connectivity index is 0.00000243. The van der Waals surface area contributed by atoms with Gasteiger partial charge < -0.3 is 14.6 Å². The first kappa shape index (κ1) is 19.8. The maximum Gasteiger partial charge on any atom is 0.194 e. The van der Waals surface area contributed by atoms with Crippen LogP contribution >= 0.6 is 24.0 Å². The van der Waals surface area contributed by atoms with Crippen molar-refractivity contribution in [1.29, 1.82) is 5.26 Å². The second-order valence-corrected chi connectivity index (χ2v) is 5.82. The molecule has 0 radical (unpaired) electrons. The highest BCUT2D eigenvalue weighted by Gasteiger charge is 2.10. The normalized spacial score (nSPS) is 10.9. The Kier molecular flexibility index (Phi) is 7.04. The standard InChI is InChI=1S/C20H20N4O.HI/c1-22-20(23-13-16-7-5-6-15(10-16)12-21)24(2)14-18-11-17-8-3-4-9-19(17)25-18;/h3-11H,13-14H2,1-2H3,(H,22,23);1H. The van der Waals surface area contributed by atoms with Crippen molar-refractivity contribution in [1.82, 2.24) is 10.2 Å². The molecule has 0 unspecified atom stereocenters. The minimum absolute atomic E-state index is 0. The number of aliphatic imine (C=N–C) groups is 1. The third kappa shape index (κ3) is 4.76. The van der Waals surface area contributed by atoms with Crippen molar-refractivity contribution in [2.45, 2.75) is 13.1 Å². The molecule has 1 heterocycles. The van der Waals surface area contributed by atoms with Crippen LogP contribution in [-0.2, 0) is 13.1 Å². The third-order valence-electron chi connectivity index (χ3n) is 3.95. The van der Waals surface area contributed by atoms with Crippen LogP contribution in [-0.4, -0.2) is 25.0 Å². The minimum atomic E-state index is 0. The van der Waals surface area contributed by atoms with Gasteiger partial charge in [0.1, 0.15) is 11.3 Å². The Morgan fingerprint density at radius 1 is 1.19 bits per heavy atom. The molecule has 0 aliphatic carbocycles. The van der Waals surface area contributed by atoms with Crippen LogP contribution < -0.4 is 5.32 Å². The molecule has 5 nitrogen and oxygen atoms in total. The van der Waals surface area contributed by atoms with Crippen LogP contribution in [0.2, 0.25) is 0 Å². The second kappa shape index (κ2) is 9.25. The highest BCUT2D eigenvalue weighted by atomic mass is 127. The molecular weight excluding hydrogens is 439 g/mol. The van der Waals surface area contributed by atoms with E-state index < -0.39 is 0 Å². The van der Waals surface area contributed by atoms with Gasteiger partial charge >= 0.3 is 0 Å². The zero-order chi connectivity index (χ0) is 17.6. The first-order valence-electron chi connectivity index (χ1n) is 8.08. The van der Waals surface area contributed by atoms with Crippen molar-refractivity contribution in [3.8, 4) is 6.07 Å². The van der Waals surface area contributed by atoms with Crippen LogP contribution in [0.4, 0.5) is 0 Å². The predicted molar refractivity (Wildman–Crippen MR) is 114 cm³/mol. The Labute approximate surface area is 170 Å². The van der Waals surface area contributed by atoms with Crippen LogP contribution in [0.5, 0.6) is 0 Å². The number of halogens is 1. The van der Waals surface area contributed by atoms with Gasteiger partial charge in [0.2, 0.25) is 0 Å². The summed E-state index contributed by atoms with van der Waals surface area (Å²) in [7, 11) is 3.72. The summed E-state index contributed by atoms with van der Waals surface area (Å²) in [6.07, 6.45) is 0. The molecule has 2 aromatic carbocycles. The lowest BCUT2D eigenvalue weighted by atomic mass is 10.1. The smallest absolute Gasteiger partial charge is 0.194 e. The first-order valence-corrected chi connectivity index (χ1v) is 8.08. The first-order chi connectivity index (χ1) is 12.2. The van der Waals surface area contributed by atoms with Crippen molar-refractivity contribution in [2.24, 2.45) is 4.99 Å². The van der Waals surface area contributed by atoms with Gasteiger partial charge in [-0.2, -0.15) is 5.26 Å². The number of nitrogens with zero attached hydrogens (tertiary/aromatic N) is 3. The number of fused-ring (bicyclic) bond motifs is 1. The van der Waals surface area contributed by atoms with E-state index in [1.165, 1.54) is 0 Å². The Hall–Kier alpha value is -2.53. The third-order valence-corrected chi connectivity index (χ3v) is 3.95. The van der Waals surface area contributed by atoms with Gasteiger partial charge in [0.05, 0.1) is 18.2 Å². The number of hydrogen-bond acceptors (Lipinski definition) is 3. The SMILES string of the molecule is CN=C(NCc1cccc(C#N)c1)N(C)Cc1cc2ccccc2o1.I. The monoisotopic (exact) mass is 460 g/mol. The fourth-order valence-corrected chi connectivity index (χ4v) is 2.74. The van der Waals surface area contributed by atoms with E-state index in [1.54, 1.807) is 13.1 Å². The van der Waals surface area contributed by atoms with Crippen LogP contribution in [0.15, 0.2) is 64.0 Å². The molecule has 3 aromatic rings. The summed E-state index contributed by atoms with van der Waals surface area (Å²) in [6, 6.07) is 19.7. The molecule has 1 aromatic heterocycles. The fraction of sp³-hybridized carbons (Fsp3) is 0.200. The van der Waals surface area contributed by atoms with E-state index in [4.69, 9.17) is 9.68 Å². The maximum absolute atomic E-state index is 8.99. The number of furan rings is 1. The van der Waals surface area contributed by atoms with Gasteiger partial charge in [-0.1, -0.05) is 30.3 Å². The molecule has 6 heteroatoms. The lowest BCUT2D eigenvalue weighted by Gasteiger charge is -2.21. The van der Waals surface area contributed by atoms with E-state index in [-0.39, 0.29) is 24.0 Å². The van der Waals surface area contributed by atoms with Gasteiger partial charge in [-0.05, 0) is 29.8 Å². The van der Waals surface area contributed by atoms with E-state index in [1.807, 2.05) is 54.4 Å². The highest BCUT2D eigenvalue weighted by molar-refractivity contribution is 14.0. The lowest BCUT2D eigenvalue weighted by Crippen LogP contribution is -2.37. The molecule has 134 valence electrons. The number of nitriles is 1. The minimum Gasteiger partial charge on any atom is -0.459 e. The molecule has 26 heavy (non-hydrogen) atoms. The summed E-state index contributed by atoms with van der Waals surface area (Å²) in [5, 5.41) is 13.4. The van der Waals surface area contributed by atoms with Crippen molar-refractivity contribution >= 4 is 40.9 Å². The zero-order valence-electron chi connectivity index (χ0n) is 14.8. The summed E-state index contributed by atoms with van der Waals surface area (Å²) in [4.78, 5) is 6.33. The van der Waals surface area contributed by atoms with Gasteiger partial charge in [-0.15, -0.1) is 24.0 Å². The van der Waals surface area contributed by atoms with Crippen LogP contribution in [0.25, 0.3) is 11.0 Å². The fourth-order valence-electron chi connectivity index (χ4n) is 2.74. The Bertz CT molecular complexity index is 909. The quantitative estimate of drug-likeness (QED) is 0.361. The summed E-state index contributed by atoms with van der Waals surface area (Å²) >= 11 is 0. The van der Waals surface area contributed by atoms with Crippen LogP contribution in [0, 0.1) is 11.3 Å². The molecule has 0 amide bonds. The average molecular weight is 460 g/mol. The zero-order valence-corrected chi connectivity index (χ0v) is 17.1. The van der Waals surface area contributed by atoms with E-state index in [0.717, 1.165) is 28.3 Å². The van der Waals surface area contributed by atoms with Gasteiger partial charge in [-0.25, -0.2) is 0 Å². The van der Waals surface area contributed by atoms with Crippen LogP contribution in [0.3, 0.4) is 0 Å². The van der Waals surface area contributed by atoms with Gasteiger partial charge in [0, 0.05) is 26.0 Å². The molecular formula is C20H21IN4O. The van der Waals surface area contributed by atoms with E-state index in [9.17, 15) is 0 Å². The lowest BCUT2D eigenvalue weighted by molar-refractivity contribution is 0.412. The Morgan fingerprint density at radius 2 is 2.00 bits per heavy atom. The summed E-state index contributed by atoms with van der Waals surface area (Å²) < 4.78 is 5.87. The van der Waals surface area contributed by atoms with Crippen molar-refractivity contribution in [2.75, 3.05) is 14.1 Å². The van der Waals surface area contributed by atoms with Crippen molar-refractivity contribution in [3.63, 3.8) is 0 Å². The molecule has 3 rings (SSSR count). The van der Waals surface area contributed by atoms with Gasteiger partial charge in [0.25, 0.3) is 0 Å². The topological polar surface area (TPSA) is 64.6 Å². The van der Waals surface area contributed by atoms with Crippen molar-refractivity contribution < 1.29 is 4.42 Å². The predicted octanol–water partition coefficient (Wildman–Crippen LogP) is 4.13. The van der Waals surface area contributed by atoms with E-state index in [0.29, 0.717) is 18.7 Å². The van der Waals surface area contributed by atoms with Gasteiger partial charge in [0.15, 0.2) is 5.96 Å². The summed E-state index contributed by atoms with van der Waals surface area (Å²) in [6.45, 7) is 1.22. The molecule has 0 atom stereocenters. The number of hydrogen-bond donors (Lipinski definition) is 1. The average Bonchev–Trinajstić information content (AvgIpc) is 3.04. The molecule has 1 N–H and O–H groups in total. The largest absolute Gasteiger partial charge is 0.459 e.